The van der Waals surface area contributed by atoms with E-state index in [1.807, 2.05) is 36.4 Å². The number of rotatable bonds is 6. The molecule has 0 amide bonds. The van der Waals surface area contributed by atoms with Crippen LogP contribution in [0.3, 0.4) is 0 Å². The molecule has 0 spiro atoms. The summed E-state index contributed by atoms with van der Waals surface area (Å²) in [5, 5.41) is 0. The smallest absolute Gasteiger partial charge is 0.339 e. The summed E-state index contributed by atoms with van der Waals surface area (Å²) >= 11 is 3.66. The fourth-order valence-corrected chi connectivity index (χ4v) is 3.72. The van der Waals surface area contributed by atoms with E-state index in [2.05, 4.69) is 22.9 Å². The fraction of sp³-hybridized carbons (Fsp3) is 0.300. The van der Waals surface area contributed by atoms with E-state index in [0.29, 0.717) is 16.0 Å². The highest BCUT2D eigenvalue weighted by Gasteiger charge is 2.32. The summed E-state index contributed by atoms with van der Waals surface area (Å²) in [5.41, 5.74) is 3.18. The number of esters is 1. The molecule has 0 saturated carbocycles. The van der Waals surface area contributed by atoms with Crippen LogP contribution in [0.4, 0.5) is 0 Å². The third-order valence-corrected chi connectivity index (χ3v) is 5.27. The Kier molecular flexibility index (Phi) is 5.14. The van der Waals surface area contributed by atoms with E-state index in [1.54, 1.807) is 12.1 Å². The molecule has 1 aliphatic heterocycles. The molecule has 0 aliphatic carbocycles. The molecule has 24 heavy (non-hydrogen) atoms. The number of Topliss-reactive ketones (excluding diaryl/α,β-unsaturated/α-hetero) is 1. The van der Waals surface area contributed by atoms with Gasteiger partial charge in [0.05, 0.1) is 12.0 Å². The number of halogens is 1. The molecule has 0 bridgehead atoms. The van der Waals surface area contributed by atoms with Crippen molar-refractivity contribution in [3.8, 4) is 0 Å². The Morgan fingerprint density at radius 1 is 1.17 bits per heavy atom. The first kappa shape index (κ1) is 16.9. The summed E-state index contributed by atoms with van der Waals surface area (Å²) in [6.07, 6.45) is 1.85. The maximum Gasteiger partial charge on any atom is 0.339 e. The van der Waals surface area contributed by atoms with Gasteiger partial charge in [0.25, 0.3) is 0 Å². The molecule has 0 fully saturated rings. The summed E-state index contributed by atoms with van der Waals surface area (Å²) in [7, 11) is 0. The van der Waals surface area contributed by atoms with Crippen molar-refractivity contribution in [1.82, 2.24) is 0 Å². The topological polar surface area (TPSA) is 43.4 Å². The Balaban J connectivity index is 1.71. The predicted molar refractivity (Wildman–Crippen MR) is 96.6 cm³/mol. The van der Waals surface area contributed by atoms with Gasteiger partial charge in [-0.05, 0) is 18.1 Å². The van der Waals surface area contributed by atoms with Crippen molar-refractivity contribution >= 4 is 27.7 Å². The monoisotopic (exact) mass is 386 g/mol. The number of benzene rings is 2. The first-order chi connectivity index (χ1) is 11.6. The minimum Gasteiger partial charge on any atom is -0.453 e. The summed E-state index contributed by atoms with van der Waals surface area (Å²) in [5.74, 6) is -0.363. The van der Waals surface area contributed by atoms with Gasteiger partial charge in [-0.1, -0.05) is 71.7 Å². The summed E-state index contributed by atoms with van der Waals surface area (Å²) in [4.78, 5) is 24.7. The third kappa shape index (κ3) is 3.44. The molecule has 2 aromatic carbocycles. The molecule has 2 unspecified atom stereocenters. The molecule has 124 valence electrons. The number of hydrogen-bond donors (Lipinski definition) is 0. The molecule has 3 nitrogen and oxygen atoms in total. The molecule has 0 saturated heterocycles. The Labute approximate surface area is 150 Å². The SMILES string of the molecule is CCCC(Br)c1ccc(C(=O)CC2OC(=O)c3ccccc32)cc1. The highest BCUT2D eigenvalue weighted by Crippen LogP contribution is 2.34. The minimum absolute atomic E-state index is 0.0160. The lowest BCUT2D eigenvalue weighted by molar-refractivity contribution is 0.0367. The van der Waals surface area contributed by atoms with Gasteiger partial charge >= 0.3 is 5.97 Å². The second-order valence-electron chi connectivity index (χ2n) is 5.99. The number of carbonyl (C=O) groups is 2. The number of hydrogen-bond acceptors (Lipinski definition) is 3. The minimum atomic E-state index is -0.482. The third-order valence-electron chi connectivity index (χ3n) is 4.28. The lowest BCUT2D eigenvalue weighted by Gasteiger charge is -2.11. The highest BCUT2D eigenvalue weighted by molar-refractivity contribution is 9.09. The van der Waals surface area contributed by atoms with E-state index in [4.69, 9.17) is 4.74 Å². The highest BCUT2D eigenvalue weighted by atomic mass is 79.9. The van der Waals surface area contributed by atoms with Crippen LogP contribution in [0.2, 0.25) is 0 Å². The molecular formula is C20H19BrO3. The van der Waals surface area contributed by atoms with Crippen molar-refractivity contribution in [3.63, 3.8) is 0 Å². The predicted octanol–water partition coefficient (Wildman–Crippen LogP) is 5.41. The van der Waals surface area contributed by atoms with E-state index >= 15 is 0 Å². The Morgan fingerprint density at radius 3 is 2.58 bits per heavy atom. The van der Waals surface area contributed by atoms with Gasteiger partial charge in [0, 0.05) is 16.0 Å². The van der Waals surface area contributed by atoms with Gasteiger partial charge < -0.3 is 4.74 Å². The zero-order chi connectivity index (χ0) is 17.1. The average Bonchev–Trinajstić information content (AvgIpc) is 2.91. The number of carbonyl (C=O) groups excluding carboxylic acids is 2. The van der Waals surface area contributed by atoms with Gasteiger partial charge in [-0.25, -0.2) is 4.79 Å². The van der Waals surface area contributed by atoms with E-state index in [1.165, 1.54) is 5.56 Å². The first-order valence-corrected chi connectivity index (χ1v) is 9.09. The Bertz CT molecular complexity index is 752. The Hall–Kier alpha value is -1.94. The number of cyclic esters (lactones) is 1. The number of ether oxygens (including phenoxy) is 1. The van der Waals surface area contributed by atoms with Crippen LogP contribution in [0.1, 0.15) is 69.0 Å². The molecular weight excluding hydrogens is 368 g/mol. The summed E-state index contributed by atoms with van der Waals surface area (Å²) in [6, 6.07) is 14.9. The lowest BCUT2D eigenvalue weighted by atomic mass is 9.97. The quantitative estimate of drug-likeness (QED) is 0.378. The van der Waals surface area contributed by atoms with Crippen molar-refractivity contribution in [2.75, 3.05) is 0 Å². The first-order valence-electron chi connectivity index (χ1n) is 8.17. The van der Waals surface area contributed by atoms with Gasteiger partial charge in [-0.2, -0.15) is 0 Å². The number of fused-ring (bicyclic) bond motifs is 1. The average molecular weight is 387 g/mol. The van der Waals surface area contributed by atoms with Crippen LogP contribution in [-0.4, -0.2) is 11.8 Å². The van der Waals surface area contributed by atoms with Crippen molar-refractivity contribution in [2.45, 2.75) is 37.1 Å². The largest absolute Gasteiger partial charge is 0.453 e. The maximum atomic E-state index is 12.5. The van der Waals surface area contributed by atoms with Crippen molar-refractivity contribution in [2.24, 2.45) is 0 Å². The van der Waals surface area contributed by atoms with Crippen LogP contribution < -0.4 is 0 Å². The molecule has 0 N–H and O–H groups in total. The van der Waals surface area contributed by atoms with Crippen LogP contribution in [0.25, 0.3) is 0 Å². The lowest BCUT2D eigenvalue weighted by Crippen LogP contribution is -2.08. The molecule has 0 aromatic heterocycles. The van der Waals surface area contributed by atoms with Gasteiger partial charge in [-0.3, -0.25) is 4.79 Å². The summed E-state index contributed by atoms with van der Waals surface area (Å²) in [6.45, 7) is 2.15. The second kappa shape index (κ2) is 7.31. The van der Waals surface area contributed by atoms with Crippen molar-refractivity contribution in [1.29, 1.82) is 0 Å². The normalized spacial score (nSPS) is 17.2. The van der Waals surface area contributed by atoms with E-state index in [9.17, 15) is 9.59 Å². The van der Waals surface area contributed by atoms with E-state index < -0.39 is 6.10 Å². The van der Waals surface area contributed by atoms with Gasteiger partial charge in [0.2, 0.25) is 0 Å². The molecule has 1 heterocycles. The van der Waals surface area contributed by atoms with Gasteiger partial charge in [0.15, 0.2) is 5.78 Å². The molecule has 2 atom stereocenters. The van der Waals surface area contributed by atoms with Crippen LogP contribution in [0.5, 0.6) is 0 Å². The number of alkyl halides is 1. The van der Waals surface area contributed by atoms with Crippen LogP contribution >= 0.6 is 15.9 Å². The molecule has 3 rings (SSSR count). The standard InChI is InChI=1S/C20H19BrO3/c1-2-5-17(21)13-8-10-14(11-9-13)18(22)12-19-15-6-3-4-7-16(15)20(23)24-19/h3-4,6-11,17,19H,2,5,12H2,1H3. The second-order valence-corrected chi connectivity index (χ2v) is 7.09. The van der Waals surface area contributed by atoms with Crippen LogP contribution in [-0.2, 0) is 4.74 Å². The van der Waals surface area contributed by atoms with Crippen LogP contribution in [0, 0.1) is 0 Å². The van der Waals surface area contributed by atoms with Gasteiger partial charge in [0.1, 0.15) is 6.10 Å². The maximum absolute atomic E-state index is 12.5. The van der Waals surface area contributed by atoms with E-state index in [-0.39, 0.29) is 18.2 Å². The van der Waals surface area contributed by atoms with Crippen molar-refractivity contribution < 1.29 is 14.3 Å². The van der Waals surface area contributed by atoms with Gasteiger partial charge in [-0.15, -0.1) is 0 Å². The zero-order valence-electron chi connectivity index (χ0n) is 13.5. The van der Waals surface area contributed by atoms with E-state index in [0.717, 1.165) is 18.4 Å². The number of ketones is 1. The summed E-state index contributed by atoms with van der Waals surface area (Å²) < 4.78 is 5.35. The molecule has 2 aromatic rings. The Morgan fingerprint density at radius 2 is 1.88 bits per heavy atom. The molecule has 0 radical (unpaired) electrons. The zero-order valence-corrected chi connectivity index (χ0v) is 15.1. The fourth-order valence-electron chi connectivity index (χ4n) is 2.96. The van der Waals surface area contributed by atoms with Crippen LogP contribution in [0.15, 0.2) is 48.5 Å². The molecule has 1 aliphatic rings. The molecule has 4 heteroatoms. The van der Waals surface area contributed by atoms with Crippen molar-refractivity contribution in [3.05, 3.63) is 70.8 Å².